The number of aliphatic carboxylic acids is 1. The van der Waals surface area contributed by atoms with E-state index >= 15 is 0 Å². The first-order valence-corrected chi connectivity index (χ1v) is 8.38. The summed E-state index contributed by atoms with van der Waals surface area (Å²) in [6.45, 7) is -0.512. The molecule has 0 saturated carbocycles. The highest BCUT2D eigenvalue weighted by Gasteiger charge is 2.15. The molecule has 142 valence electrons. The summed E-state index contributed by atoms with van der Waals surface area (Å²) in [6.07, 6.45) is 2.29. The van der Waals surface area contributed by atoms with Gasteiger partial charge in [-0.1, -0.05) is 30.3 Å². The van der Waals surface area contributed by atoms with Crippen LogP contribution in [-0.2, 0) is 22.7 Å². The maximum absolute atomic E-state index is 12.7. The van der Waals surface area contributed by atoms with Crippen molar-refractivity contribution in [3.8, 4) is 11.3 Å². The third-order valence-corrected chi connectivity index (χ3v) is 3.87. The summed E-state index contributed by atoms with van der Waals surface area (Å²) < 4.78 is 6.16. The number of carboxylic acids is 1. The highest BCUT2D eigenvalue weighted by molar-refractivity contribution is 5.84. The van der Waals surface area contributed by atoms with Crippen LogP contribution in [0.15, 0.2) is 71.8 Å². The largest absolute Gasteiger partial charge is 0.480 e. The number of pyridine rings is 2. The summed E-state index contributed by atoms with van der Waals surface area (Å²) >= 11 is 0. The SMILES string of the molecule is O=C(O)Cn1c(-c2cccnc2)ccc(NC(=O)OCc2ccccc2)c1=O. The lowest BCUT2D eigenvalue weighted by atomic mass is 10.1. The molecule has 1 amide bonds. The van der Waals surface area contributed by atoms with E-state index in [9.17, 15) is 14.4 Å². The van der Waals surface area contributed by atoms with Crippen molar-refractivity contribution < 1.29 is 19.4 Å². The summed E-state index contributed by atoms with van der Waals surface area (Å²) in [7, 11) is 0. The second-order valence-electron chi connectivity index (χ2n) is 5.85. The number of carbonyl (C=O) groups excluding carboxylic acids is 1. The molecule has 3 rings (SSSR count). The van der Waals surface area contributed by atoms with Crippen LogP contribution in [0.3, 0.4) is 0 Å². The van der Waals surface area contributed by atoms with E-state index in [1.807, 2.05) is 18.2 Å². The zero-order valence-corrected chi connectivity index (χ0v) is 14.7. The highest BCUT2D eigenvalue weighted by atomic mass is 16.5. The molecule has 0 fully saturated rings. The van der Waals surface area contributed by atoms with Crippen LogP contribution in [0.4, 0.5) is 10.5 Å². The molecule has 0 spiro atoms. The van der Waals surface area contributed by atoms with Gasteiger partial charge in [0.2, 0.25) is 0 Å². The molecule has 0 bridgehead atoms. The first-order valence-electron chi connectivity index (χ1n) is 8.38. The average molecular weight is 379 g/mol. The third-order valence-electron chi connectivity index (χ3n) is 3.87. The summed E-state index contributed by atoms with van der Waals surface area (Å²) in [5.74, 6) is -1.18. The predicted octanol–water partition coefficient (Wildman–Crippen LogP) is 2.74. The number of carbonyl (C=O) groups is 2. The third kappa shape index (κ3) is 4.61. The number of rotatable bonds is 6. The number of hydrogen-bond donors (Lipinski definition) is 2. The van der Waals surface area contributed by atoms with Gasteiger partial charge in [-0.15, -0.1) is 0 Å². The van der Waals surface area contributed by atoms with Crippen molar-refractivity contribution >= 4 is 17.7 Å². The van der Waals surface area contributed by atoms with Crippen LogP contribution in [0.5, 0.6) is 0 Å². The standard InChI is InChI=1S/C20H17N3O5/c24-18(25)12-23-17(15-7-4-10-21-11-15)9-8-16(19(23)26)22-20(27)28-13-14-5-2-1-3-6-14/h1-11H,12-13H2,(H,22,27)(H,24,25). The van der Waals surface area contributed by atoms with E-state index in [4.69, 9.17) is 9.84 Å². The van der Waals surface area contributed by atoms with Crippen LogP contribution in [-0.4, -0.2) is 26.7 Å². The van der Waals surface area contributed by atoms with E-state index in [0.29, 0.717) is 11.3 Å². The van der Waals surface area contributed by atoms with Gasteiger partial charge in [0.25, 0.3) is 5.56 Å². The van der Waals surface area contributed by atoms with Crippen LogP contribution in [0.1, 0.15) is 5.56 Å². The Bertz CT molecular complexity index is 1030. The molecule has 0 unspecified atom stereocenters. The van der Waals surface area contributed by atoms with E-state index in [1.54, 1.807) is 36.5 Å². The fourth-order valence-electron chi connectivity index (χ4n) is 2.60. The maximum Gasteiger partial charge on any atom is 0.412 e. The van der Waals surface area contributed by atoms with Gasteiger partial charge in [0.1, 0.15) is 18.8 Å². The van der Waals surface area contributed by atoms with Crippen molar-refractivity contribution in [1.82, 2.24) is 9.55 Å². The normalized spacial score (nSPS) is 10.3. The lowest BCUT2D eigenvalue weighted by molar-refractivity contribution is -0.137. The number of aromatic nitrogens is 2. The molecule has 0 atom stereocenters. The van der Waals surface area contributed by atoms with Crippen molar-refractivity contribution in [2.45, 2.75) is 13.2 Å². The number of nitrogens with one attached hydrogen (secondary N) is 1. The molecule has 2 heterocycles. The van der Waals surface area contributed by atoms with Gasteiger partial charge in [0.15, 0.2) is 0 Å². The fourth-order valence-corrected chi connectivity index (χ4v) is 2.60. The minimum atomic E-state index is -1.18. The Balaban J connectivity index is 1.82. The molecule has 2 aromatic heterocycles. The topological polar surface area (TPSA) is 111 Å². The highest BCUT2D eigenvalue weighted by Crippen LogP contribution is 2.18. The minimum absolute atomic E-state index is 0.0454. The summed E-state index contributed by atoms with van der Waals surface area (Å²) in [5, 5.41) is 11.5. The molecule has 0 saturated heterocycles. The predicted molar refractivity (Wildman–Crippen MR) is 102 cm³/mol. The van der Waals surface area contributed by atoms with E-state index < -0.39 is 24.2 Å². The van der Waals surface area contributed by atoms with E-state index in [0.717, 1.165) is 10.1 Å². The van der Waals surface area contributed by atoms with Gasteiger partial charge >= 0.3 is 12.1 Å². The summed E-state index contributed by atoms with van der Waals surface area (Å²) in [5.41, 5.74) is 1.03. The number of anilines is 1. The molecule has 28 heavy (non-hydrogen) atoms. The van der Waals surface area contributed by atoms with Crippen LogP contribution in [0.2, 0.25) is 0 Å². The Morgan fingerprint density at radius 3 is 2.54 bits per heavy atom. The number of carboxylic acid groups (broad SMARTS) is 1. The number of ether oxygens (including phenoxy) is 1. The average Bonchev–Trinajstić information content (AvgIpc) is 2.71. The molecular weight excluding hydrogens is 362 g/mol. The zero-order valence-electron chi connectivity index (χ0n) is 14.7. The van der Waals surface area contributed by atoms with E-state index in [1.165, 1.54) is 12.3 Å². The molecule has 0 aliphatic rings. The lowest BCUT2D eigenvalue weighted by Gasteiger charge is -2.13. The fraction of sp³-hybridized carbons (Fsp3) is 0.100. The molecule has 2 N–H and O–H groups in total. The zero-order chi connectivity index (χ0) is 19.9. The second kappa shape index (κ2) is 8.63. The van der Waals surface area contributed by atoms with Crippen LogP contribution in [0.25, 0.3) is 11.3 Å². The molecular formula is C20H17N3O5. The Hall–Kier alpha value is -3.94. The first kappa shape index (κ1) is 18.8. The Labute approximate surface area is 160 Å². The maximum atomic E-state index is 12.7. The summed E-state index contributed by atoms with van der Waals surface area (Å²) in [6, 6.07) is 15.4. The van der Waals surface area contributed by atoms with Gasteiger partial charge in [0.05, 0.1) is 5.69 Å². The smallest absolute Gasteiger partial charge is 0.412 e. The van der Waals surface area contributed by atoms with Gasteiger partial charge < -0.3 is 9.84 Å². The second-order valence-corrected chi connectivity index (χ2v) is 5.85. The summed E-state index contributed by atoms with van der Waals surface area (Å²) in [4.78, 5) is 39.9. The molecule has 0 aliphatic carbocycles. The monoisotopic (exact) mass is 379 g/mol. The van der Waals surface area contributed by atoms with Gasteiger partial charge in [-0.3, -0.25) is 24.5 Å². The van der Waals surface area contributed by atoms with Crippen molar-refractivity contribution in [2.75, 3.05) is 5.32 Å². The van der Waals surface area contributed by atoms with Crippen molar-refractivity contribution in [3.05, 3.63) is 82.9 Å². The van der Waals surface area contributed by atoms with Gasteiger partial charge in [-0.05, 0) is 29.8 Å². The Morgan fingerprint density at radius 1 is 1.07 bits per heavy atom. The van der Waals surface area contributed by atoms with Gasteiger partial charge in [0, 0.05) is 18.0 Å². The van der Waals surface area contributed by atoms with Gasteiger partial charge in [-0.25, -0.2) is 4.79 Å². The Morgan fingerprint density at radius 2 is 1.86 bits per heavy atom. The molecule has 0 radical (unpaired) electrons. The number of amides is 1. The van der Waals surface area contributed by atoms with Crippen molar-refractivity contribution in [2.24, 2.45) is 0 Å². The quantitative estimate of drug-likeness (QED) is 0.681. The minimum Gasteiger partial charge on any atom is -0.480 e. The van der Waals surface area contributed by atoms with Crippen LogP contribution < -0.4 is 10.9 Å². The van der Waals surface area contributed by atoms with Gasteiger partial charge in [-0.2, -0.15) is 0 Å². The van der Waals surface area contributed by atoms with Crippen LogP contribution >= 0.6 is 0 Å². The van der Waals surface area contributed by atoms with E-state index in [-0.39, 0.29) is 12.3 Å². The van der Waals surface area contributed by atoms with Crippen molar-refractivity contribution in [1.29, 1.82) is 0 Å². The number of hydrogen-bond acceptors (Lipinski definition) is 5. The van der Waals surface area contributed by atoms with Crippen LogP contribution in [0, 0.1) is 0 Å². The molecule has 8 nitrogen and oxygen atoms in total. The molecule has 3 aromatic rings. The Kier molecular flexibility index (Phi) is 5.81. The number of nitrogens with zero attached hydrogens (tertiary/aromatic N) is 2. The van der Waals surface area contributed by atoms with Crippen molar-refractivity contribution in [3.63, 3.8) is 0 Å². The molecule has 1 aromatic carbocycles. The van der Waals surface area contributed by atoms with E-state index in [2.05, 4.69) is 10.3 Å². The molecule has 0 aliphatic heterocycles. The lowest BCUT2D eigenvalue weighted by Crippen LogP contribution is -2.29. The number of benzene rings is 1. The first-order chi connectivity index (χ1) is 13.5. The molecule has 8 heteroatoms.